The number of halogens is 1. The van der Waals surface area contributed by atoms with Crippen LogP contribution in [0.5, 0.6) is 0 Å². The molecule has 1 atom stereocenters. The highest BCUT2D eigenvalue weighted by Crippen LogP contribution is 2.23. The number of benzene rings is 1. The molecule has 0 N–H and O–H groups in total. The van der Waals surface area contributed by atoms with E-state index in [-0.39, 0.29) is 17.8 Å². The van der Waals surface area contributed by atoms with Gasteiger partial charge < -0.3 is 9.64 Å². The molecule has 2 aromatic rings. The molecule has 110 valence electrons. The average Bonchev–Trinajstić information content (AvgIpc) is 2.94. The number of carbonyl (C=O) groups is 1. The van der Waals surface area contributed by atoms with Gasteiger partial charge in [-0.15, -0.1) is 0 Å². The summed E-state index contributed by atoms with van der Waals surface area (Å²) in [6.45, 7) is 1.47. The Balaban J connectivity index is 1.73. The van der Waals surface area contributed by atoms with Crippen molar-refractivity contribution in [3.8, 4) is 0 Å². The molecule has 1 aromatic carbocycles. The first-order valence-electron chi connectivity index (χ1n) is 6.78. The number of carbonyl (C=O) groups excluding carboxylic acids is 1. The molecule has 0 bridgehead atoms. The molecule has 3 rings (SSSR count). The lowest BCUT2D eigenvalue weighted by Gasteiger charge is -2.33. The summed E-state index contributed by atoms with van der Waals surface area (Å²) in [5.41, 5.74) is 1.44. The second-order valence-electron chi connectivity index (χ2n) is 5.06. The van der Waals surface area contributed by atoms with E-state index in [2.05, 4.69) is 5.10 Å². The fourth-order valence-electron chi connectivity index (χ4n) is 2.43. The Morgan fingerprint density at radius 1 is 1.38 bits per heavy atom. The van der Waals surface area contributed by atoms with E-state index in [9.17, 15) is 9.18 Å². The summed E-state index contributed by atoms with van der Waals surface area (Å²) < 4.78 is 20.3. The Labute approximate surface area is 121 Å². The van der Waals surface area contributed by atoms with Crippen LogP contribution in [-0.2, 0) is 11.8 Å². The van der Waals surface area contributed by atoms with Crippen LogP contribution in [0.3, 0.4) is 0 Å². The SMILES string of the molecule is Cn1cc(C(=O)N2CCOC(c3ccc(F)cc3)C2)cn1. The number of morpholine rings is 1. The fourth-order valence-corrected chi connectivity index (χ4v) is 2.43. The number of hydrogen-bond donors (Lipinski definition) is 0. The monoisotopic (exact) mass is 289 g/mol. The molecule has 21 heavy (non-hydrogen) atoms. The number of aromatic nitrogens is 2. The number of rotatable bonds is 2. The normalized spacial score (nSPS) is 18.8. The van der Waals surface area contributed by atoms with E-state index in [0.29, 0.717) is 25.3 Å². The van der Waals surface area contributed by atoms with Crippen LogP contribution in [0.25, 0.3) is 0 Å². The highest BCUT2D eigenvalue weighted by atomic mass is 19.1. The van der Waals surface area contributed by atoms with Crippen LogP contribution in [0.2, 0.25) is 0 Å². The van der Waals surface area contributed by atoms with Crippen molar-refractivity contribution in [1.29, 1.82) is 0 Å². The third kappa shape index (κ3) is 2.95. The topological polar surface area (TPSA) is 47.4 Å². The number of nitrogens with zero attached hydrogens (tertiary/aromatic N) is 3. The minimum absolute atomic E-state index is 0.0569. The number of aryl methyl sites for hydroxylation is 1. The first-order chi connectivity index (χ1) is 10.1. The van der Waals surface area contributed by atoms with Gasteiger partial charge in [0.2, 0.25) is 0 Å². The van der Waals surface area contributed by atoms with Crippen molar-refractivity contribution in [2.45, 2.75) is 6.10 Å². The lowest BCUT2D eigenvalue weighted by Crippen LogP contribution is -2.42. The molecular weight excluding hydrogens is 273 g/mol. The Kier molecular flexibility index (Phi) is 3.70. The van der Waals surface area contributed by atoms with Crippen molar-refractivity contribution in [3.05, 3.63) is 53.6 Å². The lowest BCUT2D eigenvalue weighted by molar-refractivity contribution is -0.0228. The van der Waals surface area contributed by atoms with Crippen molar-refractivity contribution in [3.63, 3.8) is 0 Å². The second kappa shape index (κ2) is 5.65. The van der Waals surface area contributed by atoms with E-state index >= 15 is 0 Å². The van der Waals surface area contributed by atoms with Crippen molar-refractivity contribution >= 4 is 5.91 Å². The molecule has 0 spiro atoms. The summed E-state index contributed by atoms with van der Waals surface area (Å²) in [7, 11) is 1.78. The van der Waals surface area contributed by atoms with Crippen molar-refractivity contribution < 1.29 is 13.9 Å². The van der Waals surface area contributed by atoms with Gasteiger partial charge in [0.25, 0.3) is 5.91 Å². The zero-order valence-corrected chi connectivity index (χ0v) is 11.7. The minimum atomic E-state index is -0.280. The highest BCUT2D eigenvalue weighted by Gasteiger charge is 2.26. The first-order valence-corrected chi connectivity index (χ1v) is 6.78. The molecule has 1 unspecified atom stereocenters. The van der Waals surface area contributed by atoms with Crippen LogP contribution in [-0.4, -0.2) is 40.3 Å². The van der Waals surface area contributed by atoms with Gasteiger partial charge in [0.15, 0.2) is 0 Å². The third-order valence-corrected chi connectivity index (χ3v) is 3.55. The summed E-state index contributed by atoms with van der Waals surface area (Å²) in [6.07, 6.45) is 3.04. The molecule has 0 saturated carbocycles. The molecule has 1 fully saturated rings. The van der Waals surface area contributed by atoms with Crippen LogP contribution in [0.15, 0.2) is 36.7 Å². The maximum absolute atomic E-state index is 13.0. The van der Waals surface area contributed by atoms with Gasteiger partial charge in [0.05, 0.1) is 24.9 Å². The van der Waals surface area contributed by atoms with Crippen LogP contribution >= 0.6 is 0 Å². The standard InChI is InChI=1S/C15H16FN3O2/c1-18-9-12(8-17-18)15(20)19-6-7-21-14(10-19)11-2-4-13(16)5-3-11/h2-5,8-9,14H,6-7,10H2,1H3. The molecule has 1 amide bonds. The van der Waals surface area contributed by atoms with Gasteiger partial charge in [-0.3, -0.25) is 9.48 Å². The Morgan fingerprint density at radius 3 is 2.81 bits per heavy atom. The predicted octanol–water partition coefficient (Wildman–Crippen LogP) is 1.77. The van der Waals surface area contributed by atoms with E-state index in [1.807, 2.05) is 0 Å². The average molecular weight is 289 g/mol. The third-order valence-electron chi connectivity index (χ3n) is 3.55. The molecular formula is C15H16FN3O2. The van der Waals surface area contributed by atoms with Crippen LogP contribution in [0.4, 0.5) is 4.39 Å². The van der Waals surface area contributed by atoms with Gasteiger partial charge in [0, 0.05) is 19.8 Å². The maximum atomic E-state index is 13.0. The molecule has 1 aliphatic rings. The van der Waals surface area contributed by atoms with Crippen LogP contribution < -0.4 is 0 Å². The van der Waals surface area contributed by atoms with Gasteiger partial charge in [0.1, 0.15) is 11.9 Å². The van der Waals surface area contributed by atoms with E-state index in [4.69, 9.17) is 4.74 Å². The molecule has 1 saturated heterocycles. The Bertz CT molecular complexity index is 639. The van der Waals surface area contributed by atoms with Gasteiger partial charge in [-0.25, -0.2) is 4.39 Å². The van der Waals surface area contributed by atoms with E-state index < -0.39 is 0 Å². The Morgan fingerprint density at radius 2 is 2.14 bits per heavy atom. The molecule has 0 aliphatic carbocycles. The first kappa shape index (κ1) is 13.8. The predicted molar refractivity (Wildman–Crippen MR) is 74.2 cm³/mol. The van der Waals surface area contributed by atoms with Gasteiger partial charge >= 0.3 is 0 Å². The van der Waals surface area contributed by atoms with Crippen LogP contribution in [0.1, 0.15) is 22.0 Å². The molecule has 0 radical (unpaired) electrons. The van der Waals surface area contributed by atoms with Gasteiger partial charge in [-0.2, -0.15) is 5.10 Å². The lowest BCUT2D eigenvalue weighted by atomic mass is 10.1. The molecule has 1 aliphatic heterocycles. The molecule has 1 aromatic heterocycles. The Hall–Kier alpha value is -2.21. The molecule has 2 heterocycles. The summed E-state index contributed by atoms with van der Waals surface area (Å²) >= 11 is 0. The highest BCUT2D eigenvalue weighted by molar-refractivity contribution is 5.93. The zero-order valence-electron chi connectivity index (χ0n) is 11.7. The molecule has 5 nitrogen and oxygen atoms in total. The fraction of sp³-hybridized carbons (Fsp3) is 0.333. The second-order valence-corrected chi connectivity index (χ2v) is 5.06. The number of hydrogen-bond acceptors (Lipinski definition) is 3. The smallest absolute Gasteiger partial charge is 0.257 e. The zero-order chi connectivity index (χ0) is 14.8. The van der Waals surface area contributed by atoms with Gasteiger partial charge in [-0.1, -0.05) is 12.1 Å². The van der Waals surface area contributed by atoms with E-state index in [1.165, 1.54) is 12.1 Å². The minimum Gasteiger partial charge on any atom is -0.370 e. The van der Waals surface area contributed by atoms with E-state index in [0.717, 1.165) is 5.56 Å². The maximum Gasteiger partial charge on any atom is 0.257 e. The van der Waals surface area contributed by atoms with Gasteiger partial charge in [-0.05, 0) is 17.7 Å². The quantitative estimate of drug-likeness (QED) is 0.846. The van der Waals surface area contributed by atoms with Crippen molar-refractivity contribution in [2.75, 3.05) is 19.7 Å². The summed E-state index contributed by atoms with van der Waals surface area (Å²) in [5.74, 6) is -0.337. The van der Waals surface area contributed by atoms with Crippen LogP contribution in [0, 0.1) is 5.82 Å². The summed E-state index contributed by atoms with van der Waals surface area (Å²) in [4.78, 5) is 14.1. The largest absolute Gasteiger partial charge is 0.370 e. The summed E-state index contributed by atoms with van der Waals surface area (Å²) in [5, 5.41) is 4.02. The van der Waals surface area contributed by atoms with E-state index in [1.54, 1.807) is 41.2 Å². The number of ether oxygens (including phenoxy) is 1. The van der Waals surface area contributed by atoms with Crippen molar-refractivity contribution in [1.82, 2.24) is 14.7 Å². The van der Waals surface area contributed by atoms with Crippen molar-refractivity contribution in [2.24, 2.45) is 7.05 Å². The summed E-state index contributed by atoms with van der Waals surface area (Å²) in [6, 6.07) is 6.19. The number of amides is 1. The molecule has 6 heteroatoms.